The minimum absolute atomic E-state index is 0.0949. The number of halogens is 1. The normalized spacial score (nSPS) is 10.3. The molecule has 1 amide bonds. The predicted molar refractivity (Wildman–Crippen MR) is 84.2 cm³/mol. The van der Waals surface area contributed by atoms with E-state index < -0.39 is 0 Å². The van der Waals surface area contributed by atoms with Crippen LogP contribution in [0.1, 0.15) is 16.7 Å². The Bertz CT molecular complexity index is 668. The summed E-state index contributed by atoms with van der Waals surface area (Å²) in [7, 11) is 0. The van der Waals surface area contributed by atoms with Crippen molar-refractivity contribution in [2.45, 2.75) is 20.8 Å². The Morgan fingerprint density at radius 1 is 1.00 bits per heavy atom. The average Bonchev–Trinajstić information content (AvgIpc) is 2.43. The number of hydrogen-bond acceptors (Lipinski definition) is 2. The zero-order chi connectivity index (χ0) is 15.4. The van der Waals surface area contributed by atoms with Crippen molar-refractivity contribution in [2.75, 3.05) is 17.2 Å². The molecule has 0 saturated heterocycles. The largest absolute Gasteiger partial charge is 0.376 e. The van der Waals surface area contributed by atoms with Crippen LogP contribution in [0.2, 0.25) is 0 Å². The van der Waals surface area contributed by atoms with Gasteiger partial charge in [0.25, 0.3) is 0 Å². The van der Waals surface area contributed by atoms with E-state index in [1.54, 1.807) is 6.07 Å². The number of amides is 1. The highest BCUT2D eigenvalue weighted by molar-refractivity contribution is 5.94. The van der Waals surface area contributed by atoms with Gasteiger partial charge in [-0.15, -0.1) is 0 Å². The van der Waals surface area contributed by atoms with E-state index in [4.69, 9.17) is 0 Å². The van der Waals surface area contributed by atoms with Crippen LogP contribution in [0.3, 0.4) is 0 Å². The standard InChI is InChI=1S/C17H19FN2O/c1-11-4-7-15(13(3)8-11)20-17(21)10-19-16-9-14(18)6-5-12(16)2/h4-9,19H,10H2,1-3H3,(H,20,21). The van der Waals surface area contributed by atoms with Gasteiger partial charge in [0.05, 0.1) is 6.54 Å². The first-order valence-corrected chi connectivity index (χ1v) is 6.83. The van der Waals surface area contributed by atoms with E-state index in [1.165, 1.54) is 12.1 Å². The topological polar surface area (TPSA) is 41.1 Å². The number of rotatable bonds is 4. The molecule has 0 atom stereocenters. The van der Waals surface area contributed by atoms with Gasteiger partial charge in [-0.05, 0) is 50.1 Å². The Morgan fingerprint density at radius 2 is 1.76 bits per heavy atom. The number of benzene rings is 2. The maximum atomic E-state index is 13.2. The smallest absolute Gasteiger partial charge is 0.243 e. The zero-order valence-electron chi connectivity index (χ0n) is 12.5. The van der Waals surface area contributed by atoms with Crippen molar-refractivity contribution in [1.29, 1.82) is 0 Å². The van der Waals surface area contributed by atoms with Crippen molar-refractivity contribution in [1.82, 2.24) is 0 Å². The molecule has 0 aromatic heterocycles. The average molecular weight is 286 g/mol. The van der Waals surface area contributed by atoms with Crippen molar-refractivity contribution in [2.24, 2.45) is 0 Å². The maximum Gasteiger partial charge on any atom is 0.243 e. The molecule has 0 bridgehead atoms. The molecule has 2 rings (SSSR count). The Balaban J connectivity index is 1.97. The van der Waals surface area contributed by atoms with Crippen molar-refractivity contribution >= 4 is 17.3 Å². The summed E-state index contributed by atoms with van der Waals surface area (Å²) in [5, 5.41) is 5.80. The lowest BCUT2D eigenvalue weighted by Gasteiger charge is -2.12. The first-order valence-electron chi connectivity index (χ1n) is 6.83. The van der Waals surface area contributed by atoms with Gasteiger partial charge in [-0.2, -0.15) is 0 Å². The van der Waals surface area contributed by atoms with Gasteiger partial charge in [0.1, 0.15) is 5.82 Å². The van der Waals surface area contributed by atoms with Crippen LogP contribution in [0.4, 0.5) is 15.8 Å². The molecule has 0 aliphatic rings. The highest BCUT2D eigenvalue weighted by atomic mass is 19.1. The molecule has 0 radical (unpaired) electrons. The Hall–Kier alpha value is -2.36. The summed E-state index contributed by atoms with van der Waals surface area (Å²) in [4.78, 5) is 12.0. The second-order valence-corrected chi connectivity index (χ2v) is 5.18. The molecule has 0 aliphatic heterocycles. The second kappa shape index (κ2) is 6.39. The predicted octanol–water partition coefficient (Wildman–Crippen LogP) is 3.80. The van der Waals surface area contributed by atoms with Crippen LogP contribution in [-0.4, -0.2) is 12.5 Å². The third-order valence-corrected chi connectivity index (χ3v) is 3.30. The van der Waals surface area contributed by atoms with Gasteiger partial charge in [-0.25, -0.2) is 4.39 Å². The van der Waals surface area contributed by atoms with Crippen LogP contribution < -0.4 is 10.6 Å². The lowest BCUT2D eigenvalue weighted by Crippen LogP contribution is -2.22. The van der Waals surface area contributed by atoms with E-state index in [0.717, 1.165) is 22.4 Å². The van der Waals surface area contributed by atoms with E-state index in [9.17, 15) is 9.18 Å². The fraction of sp³-hybridized carbons (Fsp3) is 0.235. The van der Waals surface area contributed by atoms with Crippen molar-refractivity contribution < 1.29 is 9.18 Å². The SMILES string of the molecule is Cc1ccc(NC(=O)CNc2cc(F)ccc2C)c(C)c1. The maximum absolute atomic E-state index is 13.2. The monoisotopic (exact) mass is 286 g/mol. The second-order valence-electron chi connectivity index (χ2n) is 5.18. The van der Waals surface area contributed by atoms with Gasteiger partial charge in [0.2, 0.25) is 5.91 Å². The van der Waals surface area contributed by atoms with Gasteiger partial charge >= 0.3 is 0 Å². The number of carbonyl (C=O) groups is 1. The van der Waals surface area contributed by atoms with Crippen molar-refractivity contribution in [3.05, 3.63) is 58.9 Å². The summed E-state index contributed by atoms with van der Waals surface area (Å²) in [5.41, 5.74) is 4.49. The van der Waals surface area contributed by atoms with Gasteiger partial charge in [0, 0.05) is 11.4 Å². The lowest BCUT2D eigenvalue weighted by molar-refractivity contribution is -0.114. The Labute approximate surface area is 124 Å². The molecule has 0 unspecified atom stereocenters. The first kappa shape index (κ1) is 15.0. The summed E-state index contributed by atoms with van der Waals surface area (Å²) in [6.07, 6.45) is 0. The molecule has 4 heteroatoms. The van der Waals surface area contributed by atoms with Crippen LogP contribution in [-0.2, 0) is 4.79 Å². The molecular formula is C17H19FN2O. The third kappa shape index (κ3) is 4.05. The third-order valence-electron chi connectivity index (χ3n) is 3.30. The number of anilines is 2. The van der Waals surface area contributed by atoms with Gasteiger partial charge in [-0.3, -0.25) is 4.79 Å². The number of hydrogen-bond donors (Lipinski definition) is 2. The summed E-state index contributed by atoms with van der Waals surface area (Å²) in [6, 6.07) is 10.3. The molecule has 2 aromatic rings. The highest BCUT2D eigenvalue weighted by Gasteiger charge is 2.06. The minimum atomic E-state index is -0.321. The van der Waals surface area contributed by atoms with E-state index >= 15 is 0 Å². The van der Waals surface area contributed by atoms with Crippen LogP contribution in [0.15, 0.2) is 36.4 Å². The molecular weight excluding hydrogens is 267 g/mol. The Kier molecular flexibility index (Phi) is 4.58. The number of carbonyl (C=O) groups excluding carboxylic acids is 1. The fourth-order valence-electron chi connectivity index (χ4n) is 2.11. The molecule has 0 saturated carbocycles. The van der Waals surface area contributed by atoms with E-state index in [0.29, 0.717) is 5.69 Å². The molecule has 110 valence electrons. The van der Waals surface area contributed by atoms with Crippen molar-refractivity contribution in [3.63, 3.8) is 0 Å². The summed E-state index contributed by atoms with van der Waals surface area (Å²) in [5.74, 6) is -0.483. The summed E-state index contributed by atoms with van der Waals surface area (Å²) >= 11 is 0. The molecule has 2 aromatic carbocycles. The number of nitrogens with one attached hydrogen (secondary N) is 2. The summed E-state index contributed by atoms with van der Waals surface area (Å²) in [6.45, 7) is 5.92. The highest BCUT2D eigenvalue weighted by Crippen LogP contribution is 2.17. The molecule has 0 aliphatic carbocycles. The van der Waals surface area contributed by atoms with Crippen molar-refractivity contribution in [3.8, 4) is 0 Å². The Morgan fingerprint density at radius 3 is 2.48 bits per heavy atom. The van der Waals surface area contributed by atoms with E-state index in [-0.39, 0.29) is 18.3 Å². The molecule has 2 N–H and O–H groups in total. The van der Waals surface area contributed by atoms with Gasteiger partial charge < -0.3 is 10.6 Å². The molecule has 21 heavy (non-hydrogen) atoms. The lowest BCUT2D eigenvalue weighted by atomic mass is 10.1. The van der Waals surface area contributed by atoms with Crippen LogP contribution >= 0.6 is 0 Å². The van der Waals surface area contributed by atoms with Crippen LogP contribution in [0, 0.1) is 26.6 Å². The van der Waals surface area contributed by atoms with Crippen LogP contribution in [0.25, 0.3) is 0 Å². The zero-order valence-corrected chi connectivity index (χ0v) is 12.5. The van der Waals surface area contributed by atoms with Gasteiger partial charge in [-0.1, -0.05) is 23.8 Å². The fourth-order valence-corrected chi connectivity index (χ4v) is 2.11. The number of aryl methyl sites for hydroxylation is 3. The first-order chi connectivity index (χ1) is 9.95. The molecule has 0 spiro atoms. The van der Waals surface area contributed by atoms with E-state index in [2.05, 4.69) is 10.6 Å². The molecule has 0 fully saturated rings. The van der Waals surface area contributed by atoms with Crippen LogP contribution in [0.5, 0.6) is 0 Å². The molecule has 0 heterocycles. The van der Waals surface area contributed by atoms with Gasteiger partial charge in [0.15, 0.2) is 0 Å². The summed E-state index contributed by atoms with van der Waals surface area (Å²) < 4.78 is 13.2. The minimum Gasteiger partial charge on any atom is -0.376 e. The van der Waals surface area contributed by atoms with E-state index in [1.807, 2.05) is 39.0 Å². The molecule has 3 nitrogen and oxygen atoms in total. The quantitative estimate of drug-likeness (QED) is 0.897.